The topological polar surface area (TPSA) is 39.9 Å². The van der Waals surface area contributed by atoms with Crippen LogP contribution in [0.15, 0.2) is 30.3 Å². The highest BCUT2D eigenvalue weighted by Gasteiger charge is 2.18. The molecule has 0 spiro atoms. The summed E-state index contributed by atoms with van der Waals surface area (Å²) in [7, 11) is 1.69. The molecule has 102 valence electrons. The molecule has 0 radical (unpaired) electrons. The van der Waals surface area contributed by atoms with E-state index in [9.17, 15) is 0 Å². The monoisotopic (exact) mass is 279 g/mol. The molecule has 1 unspecified atom stereocenters. The molecular weight excluding hydrogens is 262 g/mol. The van der Waals surface area contributed by atoms with Crippen LogP contribution in [0.3, 0.4) is 0 Å². The van der Waals surface area contributed by atoms with Gasteiger partial charge in [-0.1, -0.05) is 37.3 Å². The van der Waals surface area contributed by atoms with Gasteiger partial charge in [0.2, 0.25) is 0 Å². The summed E-state index contributed by atoms with van der Waals surface area (Å²) in [6, 6.07) is 10.3. The molecule has 1 aromatic heterocycles. The Morgan fingerprint density at radius 3 is 2.63 bits per heavy atom. The molecular formula is C14H18ClN3O. The van der Waals surface area contributed by atoms with Gasteiger partial charge in [0.05, 0.1) is 12.5 Å². The van der Waals surface area contributed by atoms with Crippen LogP contribution in [0.2, 0.25) is 0 Å². The van der Waals surface area contributed by atoms with Crippen LogP contribution in [0.4, 0.5) is 0 Å². The normalized spacial score (nSPS) is 12.6. The van der Waals surface area contributed by atoms with Crippen LogP contribution in [0.5, 0.6) is 0 Å². The molecule has 0 bridgehead atoms. The second-order valence-electron chi connectivity index (χ2n) is 4.38. The van der Waals surface area contributed by atoms with Crippen LogP contribution in [-0.2, 0) is 17.2 Å². The van der Waals surface area contributed by atoms with E-state index in [2.05, 4.69) is 29.3 Å². The minimum atomic E-state index is 0.183. The molecule has 0 fully saturated rings. The van der Waals surface area contributed by atoms with E-state index < -0.39 is 0 Å². The van der Waals surface area contributed by atoms with Crippen molar-refractivity contribution in [2.24, 2.45) is 0 Å². The van der Waals surface area contributed by atoms with Crippen molar-refractivity contribution in [3.63, 3.8) is 0 Å². The zero-order valence-electron chi connectivity index (χ0n) is 11.2. The number of hydrogen-bond donors (Lipinski definition) is 0. The molecule has 0 saturated carbocycles. The van der Waals surface area contributed by atoms with E-state index in [1.807, 2.05) is 22.8 Å². The Labute approximate surface area is 118 Å². The molecule has 1 aromatic carbocycles. The quantitative estimate of drug-likeness (QED) is 0.764. The zero-order valence-corrected chi connectivity index (χ0v) is 12.0. The lowest BCUT2D eigenvalue weighted by Crippen LogP contribution is -2.13. The Kier molecular flexibility index (Phi) is 4.93. The molecule has 0 aliphatic heterocycles. The summed E-state index contributed by atoms with van der Waals surface area (Å²) in [5.74, 6) is 2.26. The van der Waals surface area contributed by atoms with Gasteiger partial charge in [0.1, 0.15) is 11.6 Å². The number of hydrogen-bond acceptors (Lipinski definition) is 3. The Morgan fingerprint density at radius 1 is 1.26 bits per heavy atom. The standard InChI is InChI=1S/C14H18ClN3O/c1-11(12-6-4-3-5-7-12)14-17-16-13(10-15)18(14)8-9-19-2/h3-7,11H,8-10H2,1-2H3. The first-order chi connectivity index (χ1) is 9.27. The molecule has 19 heavy (non-hydrogen) atoms. The van der Waals surface area contributed by atoms with Crippen molar-refractivity contribution in [3.05, 3.63) is 47.5 Å². The summed E-state index contributed by atoms with van der Waals surface area (Å²) in [4.78, 5) is 0. The fraction of sp³-hybridized carbons (Fsp3) is 0.429. The minimum Gasteiger partial charge on any atom is -0.383 e. The lowest BCUT2D eigenvalue weighted by Gasteiger charge is -2.14. The van der Waals surface area contributed by atoms with Gasteiger partial charge in [-0.25, -0.2) is 0 Å². The molecule has 5 heteroatoms. The van der Waals surface area contributed by atoms with E-state index in [1.165, 1.54) is 5.56 Å². The first-order valence-corrected chi connectivity index (χ1v) is 6.83. The SMILES string of the molecule is COCCn1c(CCl)nnc1C(C)c1ccccc1. The molecule has 2 rings (SSSR count). The number of rotatable bonds is 6. The zero-order chi connectivity index (χ0) is 13.7. The molecule has 0 aliphatic rings. The summed E-state index contributed by atoms with van der Waals surface area (Å²) in [5, 5.41) is 8.45. The Morgan fingerprint density at radius 2 is 2.00 bits per heavy atom. The summed E-state index contributed by atoms with van der Waals surface area (Å²) in [6.07, 6.45) is 0. The van der Waals surface area contributed by atoms with Crippen LogP contribution in [-0.4, -0.2) is 28.5 Å². The number of nitrogens with zero attached hydrogens (tertiary/aromatic N) is 3. The number of halogens is 1. The van der Waals surface area contributed by atoms with Crippen molar-refractivity contribution in [2.45, 2.75) is 25.3 Å². The summed E-state index contributed by atoms with van der Waals surface area (Å²) >= 11 is 5.91. The highest BCUT2D eigenvalue weighted by atomic mass is 35.5. The highest BCUT2D eigenvalue weighted by molar-refractivity contribution is 6.16. The van der Waals surface area contributed by atoms with Gasteiger partial charge in [0.25, 0.3) is 0 Å². The highest BCUT2D eigenvalue weighted by Crippen LogP contribution is 2.23. The van der Waals surface area contributed by atoms with Crippen LogP contribution >= 0.6 is 11.6 Å². The molecule has 0 N–H and O–H groups in total. The van der Waals surface area contributed by atoms with Gasteiger partial charge in [-0.3, -0.25) is 0 Å². The Hall–Kier alpha value is -1.39. The third-order valence-electron chi connectivity index (χ3n) is 3.18. The first-order valence-electron chi connectivity index (χ1n) is 6.29. The van der Waals surface area contributed by atoms with Crippen molar-refractivity contribution in [1.82, 2.24) is 14.8 Å². The maximum atomic E-state index is 5.91. The number of alkyl halides is 1. The summed E-state index contributed by atoms with van der Waals surface area (Å²) < 4.78 is 7.19. The van der Waals surface area contributed by atoms with Crippen LogP contribution < -0.4 is 0 Å². The fourth-order valence-corrected chi connectivity index (χ4v) is 2.28. The van der Waals surface area contributed by atoms with Gasteiger partial charge >= 0.3 is 0 Å². The van der Waals surface area contributed by atoms with E-state index >= 15 is 0 Å². The van der Waals surface area contributed by atoms with Gasteiger partial charge in [-0.05, 0) is 5.56 Å². The molecule has 0 aliphatic carbocycles. The van der Waals surface area contributed by atoms with Crippen molar-refractivity contribution in [2.75, 3.05) is 13.7 Å². The predicted octanol–water partition coefficient (Wildman–Crippen LogP) is 2.82. The van der Waals surface area contributed by atoms with E-state index in [0.717, 1.165) is 18.2 Å². The number of benzene rings is 1. The van der Waals surface area contributed by atoms with Gasteiger partial charge in [0, 0.05) is 19.6 Å². The second kappa shape index (κ2) is 6.68. The van der Waals surface area contributed by atoms with E-state index in [-0.39, 0.29) is 5.92 Å². The van der Waals surface area contributed by atoms with Crippen LogP contribution in [0.25, 0.3) is 0 Å². The van der Waals surface area contributed by atoms with Crippen LogP contribution in [0, 0.1) is 0 Å². The summed E-state index contributed by atoms with van der Waals surface area (Å²) in [6.45, 7) is 3.47. The maximum absolute atomic E-state index is 5.91. The largest absolute Gasteiger partial charge is 0.383 e. The minimum absolute atomic E-state index is 0.183. The third kappa shape index (κ3) is 3.14. The van der Waals surface area contributed by atoms with E-state index in [4.69, 9.17) is 16.3 Å². The van der Waals surface area contributed by atoms with Gasteiger partial charge < -0.3 is 9.30 Å². The van der Waals surface area contributed by atoms with E-state index in [1.54, 1.807) is 7.11 Å². The molecule has 1 heterocycles. The van der Waals surface area contributed by atoms with Crippen molar-refractivity contribution < 1.29 is 4.74 Å². The van der Waals surface area contributed by atoms with Crippen molar-refractivity contribution in [1.29, 1.82) is 0 Å². The van der Waals surface area contributed by atoms with Gasteiger partial charge in [-0.2, -0.15) is 0 Å². The van der Waals surface area contributed by atoms with Crippen molar-refractivity contribution >= 4 is 11.6 Å². The molecule has 1 atom stereocenters. The number of methoxy groups -OCH3 is 1. The lowest BCUT2D eigenvalue weighted by molar-refractivity contribution is 0.185. The summed E-state index contributed by atoms with van der Waals surface area (Å²) in [5.41, 5.74) is 1.22. The molecule has 0 saturated heterocycles. The molecule has 0 amide bonds. The lowest BCUT2D eigenvalue weighted by atomic mass is 10.0. The van der Waals surface area contributed by atoms with Gasteiger partial charge in [0.15, 0.2) is 0 Å². The van der Waals surface area contributed by atoms with Crippen molar-refractivity contribution in [3.8, 4) is 0 Å². The number of aromatic nitrogens is 3. The molecule has 4 nitrogen and oxygen atoms in total. The average Bonchev–Trinajstić information content (AvgIpc) is 2.88. The first kappa shape index (κ1) is 14.0. The molecule has 2 aromatic rings. The van der Waals surface area contributed by atoms with Gasteiger partial charge in [-0.15, -0.1) is 21.8 Å². The Bertz CT molecular complexity index is 513. The third-order valence-corrected chi connectivity index (χ3v) is 3.42. The maximum Gasteiger partial charge on any atom is 0.148 e. The number of ether oxygens (including phenoxy) is 1. The smallest absolute Gasteiger partial charge is 0.148 e. The second-order valence-corrected chi connectivity index (χ2v) is 4.65. The average molecular weight is 280 g/mol. The predicted molar refractivity (Wildman–Crippen MR) is 75.4 cm³/mol. The fourth-order valence-electron chi connectivity index (χ4n) is 2.09. The van der Waals surface area contributed by atoms with Crippen LogP contribution in [0.1, 0.15) is 30.1 Å². The van der Waals surface area contributed by atoms with E-state index in [0.29, 0.717) is 12.5 Å². The Balaban J connectivity index is 2.31.